The summed E-state index contributed by atoms with van der Waals surface area (Å²) in [4.78, 5) is 24.7. The fourth-order valence-electron chi connectivity index (χ4n) is 3.39. The van der Waals surface area contributed by atoms with Gasteiger partial charge in [0, 0.05) is 30.9 Å². The monoisotopic (exact) mass is 383 g/mol. The number of benzene rings is 2. The number of rotatable bonds is 7. The topological polar surface area (TPSA) is 84.7 Å². The van der Waals surface area contributed by atoms with Gasteiger partial charge >= 0.3 is 0 Å². The molecule has 1 unspecified atom stereocenters. The first-order valence-corrected chi connectivity index (χ1v) is 9.48. The van der Waals surface area contributed by atoms with E-state index in [2.05, 4.69) is 17.1 Å². The highest BCUT2D eigenvalue weighted by Crippen LogP contribution is 2.19. The molecule has 1 saturated heterocycles. The molecule has 1 N–H and O–H groups in total. The predicted octanol–water partition coefficient (Wildman–Crippen LogP) is 3.84. The number of nitrogens with one attached hydrogen (secondary N) is 1. The van der Waals surface area contributed by atoms with E-state index in [1.54, 1.807) is 0 Å². The van der Waals surface area contributed by atoms with E-state index in [1.165, 1.54) is 42.7 Å². The molecule has 2 aromatic carbocycles. The smallest absolute Gasteiger partial charge is 0.269 e. The minimum Gasteiger partial charge on any atom is -0.484 e. The Morgan fingerprint density at radius 2 is 1.93 bits per heavy atom. The van der Waals surface area contributed by atoms with Crippen LogP contribution in [0.15, 0.2) is 48.5 Å². The van der Waals surface area contributed by atoms with E-state index in [0.717, 1.165) is 25.6 Å². The van der Waals surface area contributed by atoms with Crippen molar-refractivity contribution in [2.24, 2.45) is 5.92 Å². The van der Waals surface area contributed by atoms with Gasteiger partial charge < -0.3 is 10.1 Å². The van der Waals surface area contributed by atoms with E-state index < -0.39 is 4.92 Å². The van der Waals surface area contributed by atoms with Gasteiger partial charge in [-0.05, 0) is 55.1 Å². The first kappa shape index (κ1) is 19.8. The zero-order valence-corrected chi connectivity index (χ0v) is 16.0. The lowest BCUT2D eigenvalue weighted by molar-refractivity contribution is -0.384. The Labute approximate surface area is 164 Å². The molecule has 148 valence electrons. The Morgan fingerprint density at radius 3 is 2.57 bits per heavy atom. The van der Waals surface area contributed by atoms with Crippen LogP contribution >= 0.6 is 0 Å². The average molecular weight is 383 g/mol. The summed E-state index contributed by atoms with van der Waals surface area (Å²) < 4.78 is 5.37. The van der Waals surface area contributed by atoms with Gasteiger partial charge in [0.05, 0.1) is 4.92 Å². The summed E-state index contributed by atoms with van der Waals surface area (Å²) in [6.07, 6.45) is 2.56. The highest BCUT2D eigenvalue weighted by molar-refractivity contribution is 5.91. The quantitative estimate of drug-likeness (QED) is 0.580. The van der Waals surface area contributed by atoms with Crippen molar-refractivity contribution < 1.29 is 14.5 Å². The summed E-state index contributed by atoms with van der Waals surface area (Å²) in [5.41, 5.74) is 1.93. The molecule has 0 bridgehead atoms. The lowest BCUT2D eigenvalue weighted by Gasteiger charge is -2.30. The van der Waals surface area contributed by atoms with E-state index in [0.29, 0.717) is 11.4 Å². The van der Waals surface area contributed by atoms with Crippen LogP contribution in [0.2, 0.25) is 0 Å². The number of hydrogen-bond donors (Lipinski definition) is 1. The van der Waals surface area contributed by atoms with Gasteiger partial charge in [-0.1, -0.05) is 19.1 Å². The molecule has 0 saturated carbocycles. The van der Waals surface area contributed by atoms with Crippen LogP contribution in [0, 0.1) is 16.0 Å². The number of nitro groups is 1. The van der Waals surface area contributed by atoms with Crippen LogP contribution in [0.25, 0.3) is 0 Å². The third-order valence-corrected chi connectivity index (χ3v) is 4.80. The van der Waals surface area contributed by atoms with Crippen molar-refractivity contribution in [3.8, 4) is 5.75 Å². The van der Waals surface area contributed by atoms with E-state index >= 15 is 0 Å². The maximum Gasteiger partial charge on any atom is 0.269 e. The fraction of sp³-hybridized carbons (Fsp3) is 0.381. The van der Waals surface area contributed by atoms with Gasteiger partial charge in [-0.15, -0.1) is 0 Å². The number of amides is 1. The minimum absolute atomic E-state index is 0.0177. The van der Waals surface area contributed by atoms with Crippen molar-refractivity contribution in [1.29, 1.82) is 0 Å². The maximum atomic E-state index is 12.0. The van der Waals surface area contributed by atoms with Crippen molar-refractivity contribution >= 4 is 17.3 Å². The molecule has 1 atom stereocenters. The van der Waals surface area contributed by atoms with E-state index in [1.807, 2.05) is 24.3 Å². The van der Waals surface area contributed by atoms with Crippen molar-refractivity contribution in [1.82, 2.24) is 4.90 Å². The molecule has 0 aliphatic carbocycles. The number of carbonyl (C=O) groups excluding carboxylic acids is 1. The third-order valence-electron chi connectivity index (χ3n) is 4.80. The highest BCUT2D eigenvalue weighted by Gasteiger charge is 2.16. The number of anilines is 1. The second-order valence-corrected chi connectivity index (χ2v) is 7.27. The van der Waals surface area contributed by atoms with Gasteiger partial charge in [0.1, 0.15) is 5.75 Å². The SMILES string of the molecule is CC1CCCN(Cc2ccc(NC(=O)COc3ccc([N+](=O)[O-])cc3)cc2)C1. The molecule has 28 heavy (non-hydrogen) atoms. The fourth-order valence-corrected chi connectivity index (χ4v) is 3.39. The second kappa shape index (κ2) is 9.32. The number of piperidine rings is 1. The van der Waals surface area contributed by atoms with Crippen molar-refractivity contribution in [3.05, 3.63) is 64.2 Å². The Hall–Kier alpha value is -2.93. The van der Waals surface area contributed by atoms with E-state index in [4.69, 9.17) is 4.74 Å². The number of likely N-dealkylation sites (tertiary alicyclic amines) is 1. The molecular formula is C21H25N3O4. The molecule has 1 heterocycles. The van der Waals surface area contributed by atoms with Gasteiger partial charge in [-0.3, -0.25) is 19.8 Å². The van der Waals surface area contributed by atoms with Gasteiger partial charge in [0.2, 0.25) is 0 Å². The van der Waals surface area contributed by atoms with Crippen molar-refractivity contribution in [2.75, 3.05) is 25.0 Å². The van der Waals surface area contributed by atoms with Crippen LogP contribution in [0.4, 0.5) is 11.4 Å². The molecule has 0 aromatic heterocycles. The first-order valence-electron chi connectivity index (χ1n) is 9.48. The highest BCUT2D eigenvalue weighted by atomic mass is 16.6. The van der Waals surface area contributed by atoms with Crippen LogP contribution in [-0.2, 0) is 11.3 Å². The largest absolute Gasteiger partial charge is 0.484 e. The molecular weight excluding hydrogens is 358 g/mol. The molecule has 1 amide bonds. The summed E-state index contributed by atoms with van der Waals surface area (Å²) in [6, 6.07) is 13.5. The normalized spacial score (nSPS) is 17.1. The van der Waals surface area contributed by atoms with Gasteiger partial charge in [0.25, 0.3) is 11.6 Å². The molecule has 1 aliphatic rings. The number of nitro benzene ring substituents is 1. The molecule has 2 aromatic rings. The standard InChI is InChI=1S/C21H25N3O4/c1-16-3-2-12-23(13-16)14-17-4-6-18(7-5-17)22-21(25)15-28-20-10-8-19(9-11-20)24(26)27/h4-11,16H,2-3,12-15H2,1H3,(H,22,25). The van der Waals surface area contributed by atoms with Crippen LogP contribution < -0.4 is 10.1 Å². The van der Waals surface area contributed by atoms with Crippen molar-refractivity contribution in [2.45, 2.75) is 26.3 Å². The molecule has 3 rings (SSSR count). The molecule has 0 radical (unpaired) electrons. The number of ether oxygens (including phenoxy) is 1. The summed E-state index contributed by atoms with van der Waals surface area (Å²) in [7, 11) is 0. The summed E-state index contributed by atoms with van der Waals surface area (Å²) >= 11 is 0. The van der Waals surface area contributed by atoms with Crippen LogP contribution in [0.3, 0.4) is 0 Å². The third kappa shape index (κ3) is 5.79. The lowest BCUT2D eigenvalue weighted by Crippen LogP contribution is -2.33. The number of nitrogens with zero attached hydrogens (tertiary/aromatic N) is 2. The Morgan fingerprint density at radius 1 is 1.21 bits per heavy atom. The van der Waals surface area contributed by atoms with Gasteiger partial charge in [-0.2, -0.15) is 0 Å². The summed E-state index contributed by atoms with van der Waals surface area (Å²) in [6.45, 7) is 5.35. The zero-order valence-electron chi connectivity index (χ0n) is 16.0. The number of non-ortho nitro benzene ring substituents is 1. The van der Waals surface area contributed by atoms with Gasteiger partial charge in [0.15, 0.2) is 6.61 Å². The second-order valence-electron chi connectivity index (χ2n) is 7.27. The maximum absolute atomic E-state index is 12.0. The lowest BCUT2D eigenvalue weighted by atomic mass is 10.00. The van der Waals surface area contributed by atoms with Gasteiger partial charge in [-0.25, -0.2) is 0 Å². The molecule has 7 heteroatoms. The Kier molecular flexibility index (Phi) is 6.60. The molecule has 1 fully saturated rings. The van der Waals surface area contributed by atoms with Crippen LogP contribution in [-0.4, -0.2) is 35.4 Å². The number of hydrogen-bond acceptors (Lipinski definition) is 5. The average Bonchev–Trinajstić information content (AvgIpc) is 2.68. The van der Waals surface area contributed by atoms with E-state index in [9.17, 15) is 14.9 Å². The molecule has 0 spiro atoms. The molecule has 7 nitrogen and oxygen atoms in total. The summed E-state index contributed by atoms with van der Waals surface area (Å²) in [5, 5.41) is 13.4. The first-order chi connectivity index (χ1) is 13.5. The summed E-state index contributed by atoms with van der Waals surface area (Å²) in [5.74, 6) is 0.880. The zero-order chi connectivity index (χ0) is 19.9. The minimum atomic E-state index is -0.480. The van der Waals surface area contributed by atoms with E-state index in [-0.39, 0.29) is 18.2 Å². The Balaban J connectivity index is 1.45. The van der Waals surface area contributed by atoms with Crippen LogP contribution in [0.5, 0.6) is 5.75 Å². The van der Waals surface area contributed by atoms with Crippen LogP contribution in [0.1, 0.15) is 25.3 Å². The number of carbonyl (C=O) groups is 1. The predicted molar refractivity (Wildman–Crippen MR) is 107 cm³/mol. The Bertz CT molecular complexity index is 805. The molecule has 1 aliphatic heterocycles. The van der Waals surface area contributed by atoms with Crippen molar-refractivity contribution in [3.63, 3.8) is 0 Å².